The Hall–Kier alpha value is -1.85. The highest BCUT2D eigenvalue weighted by atomic mass is 16.6. The SMILES string of the molecule is COc1ccc([N+](=O)[O-])c(NC(C)CC2CC2)n1. The smallest absolute Gasteiger partial charge is 0.311 e. The third kappa shape index (κ3) is 3.09. The van der Waals surface area contributed by atoms with Crippen molar-refractivity contribution in [1.82, 2.24) is 4.98 Å². The van der Waals surface area contributed by atoms with Gasteiger partial charge in [-0.1, -0.05) is 12.8 Å². The van der Waals surface area contributed by atoms with Gasteiger partial charge in [0.2, 0.25) is 11.7 Å². The number of nitrogens with zero attached hydrogens (tertiary/aromatic N) is 2. The molecule has 18 heavy (non-hydrogen) atoms. The van der Waals surface area contributed by atoms with E-state index < -0.39 is 4.92 Å². The van der Waals surface area contributed by atoms with E-state index in [1.165, 1.54) is 32.1 Å². The summed E-state index contributed by atoms with van der Waals surface area (Å²) in [6, 6.07) is 3.09. The maximum Gasteiger partial charge on any atom is 0.311 e. The van der Waals surface area contributed by atoms with Crippen molar-refractivity contribution in [2.45, 2.75) is 32.2 Å². The van der Waals surface area contributed by atoms with Crippen molar-refractivity contribution in [1.29, 1.82) is 0 Å². The van der Waals surface area contributed by atoms with E-state index in [4.69, 9.17) is 4.74 Å². The number of rotatable bonds is 6. The Balaban J connectivity index is 2.14. The summed E-state index contributed by atoms with van der Waals surface area (Å²) < 4.78 is 4.99. The van der Waals surface area contributed by atoms with E-state index in [1.54, 1.807) is 0 Å². The molecule has 0 aromatic carbocycles. The van der Waals surface area contributed by atoms with E-state index in [2.05, 4.69) is 10.3 Å². The van der Waals surface area contributed by atoms with Gasteiger partial charge in [0.05, 0.1) is 12.0 Å². The van der Waals surface area contributed by atoms with Gasteiger partial charge < -0.3 is 10.1 Å². The van der Waals surface area contributed by atoms with E-state index in [0.29, 0.717) is 5.88 Å². The largest absolute Gasteiger partial charge is 0.481 e. The van der Waals surface area contributed by atoms with E-state index in [-0.39, 0.29) is 17.5 Å². The molecule has 1 saturated carbocycles. The zero-order chi connectivity index (χ0) is 13.1. The summed E-state index contributed by atoms with van der Waals surface area (Å²) in [5.74, 6) is 1.42. The summed E-state index contributed by atoms with van der Waals surface area (Å²) in [6.07, 6.45) is 3.55. The number of pyridine rings is 1. The molecule has 1 aromatic heterocycles. The molecule has 1 aromatic rings. The highest BCUT2D eigenvalue weighted by molar-refractivity contribution is 5.57. The van der Waals surface area contributed by atoms with Gasteiger partial charge >= 0.3 is 5.69 Å². The first-order chi connectivity index (χ1) is 8.60. The molecule has 0 bridgehead atoms. The lowest BCUT2D eigenvalue weighted by Gasteiger charge is -2.14. The fraction of sp³-hybridized carbons (Fsp3) is 0.583. The normalized spacial score (nSPS) is 16.1. The minimum Gasteiger partial charge on any atom is -0.481 e. The number of nitrogens with one attached hydrogen (secondary N) is 1. The van der Waals surface area contributed by atoms with E-state index in [9.17, 15) is 10.1 Å². The number of hydrogen-bond acceptors (Lipinski definition) is 5. The zero-order valence-corrected chi connectivity index (χ0v) is 10.5. The minimum absolute atomic E-state index is 0.0153. The lowest BCUT2D eigenvalue weighted by molar-refractivity contribution is -0.384. The Labute approximate surface area is 106 Å². The van der Waals surface area contributed by atoms with E-state index in [0.717, 1.165) is 12.3 Å². The van der Waals surface area contributed by atoms with Crippen LogP contribution in [-0.4, -0.2) is 23.1 Å². The minimum atomic E-state index is -0.432. The first-order valence-corrected chi connectivity index (χ1v) is 6.06. The van der Waals surface area contributed by atoms with Gasteiger partial charge in [-0.05, 0) is 19.3 Å². The second-order valence-electron chi connectivity index (χ2n) is 4.70. The number of methoxy groups -OCH3 is 1. The van der Waals surface area contributed by atoms with Gasteiger partial charge in [-0.3, -0.25) is 10.1 Å². The Morgan fingerprint density at radius 3 is 2.89 bits per heavy atom. The summed E-state index contributed by atoms with van der Waals surface area (Å²) >= 11 is 0. The molecular weight excluding hydrogens is 234 g/mol. The molecule has 1 N–H and O–H groups in total. The van der Waals surface area contributed by atoms with Crippen LogP contribution in [0.1, 0.15) is 26.2 Å². The molecule has 6 nitrogen and oxygen atoms in total. The Bertz CT molecular complexity index is 446. The van der Waals surface area contributed by atoms with Gasteiger partial charge in [-0.25, -0.2) is 0 Å². The van der Waals surface area contributed by atoms with Crippen LogP contribution in [0.2, 0.25) is 0 Å². The molecule has 0 saturated heterocycles. The topological polar surface area (TPSA) is 77.3 Å². The molecule has 0 spiro atoms. The number of ether oxygens (including phenoxy) is 1. The molecular formula is C12H17N3O3. The Morgan fingerprint density at radius 2 is 2.33 bits per heavy atom. The molecule has 98 valence electrons. The maximum atomic E-state index is 10.9. The van der Waals surface area contributed by atoms with Crippen LogP contribution in [0.4, 0.5) is 11.5 Å². The molecule has 1 atom stereocenters. The van der Waals surface area contributed by atoms with Crippen molar-refractivity contribution in [3.05, 3.63) is 22.2 Å². The lowest BCUT2D eigenvalue weighted by atomic mass is 10.1. The van der Waals surface area contributed by atoms with Crippen molar-refractivity contribution >= 4 is 11.5 Å². The second kappa shape index (κ2) is 5.20. The standard InChI is InChI=1S/C12H17N3O3/c1-8(7-9-3-4-9)13-12-10(15(16)17)5-6-11(14-12)18-2/h5-6,8-9H,3-4,7H2,1-2H3,(H,13,14). The third-order valence-electron chi connectivity index (χ3n) is 3.02. The van der Waals surface area contributed by atoms with Gasteiger partial charge in [-0.2, -0.15) is 4.98 Å². The monoisotopic (exact) mass is 251 g/mol. The summed E-state index contributed by atoms with van der Waals surface area (Å²) in [5, 5.41) is 14.0. The van der Waals surface area contributed by atoms with Crippen LogP contribution in [0, 0.1) is 16.0 Å². The van der Waals surface area contributed by atoms with Gasteiger partial charge in [0.25, 0.3) is 0 Å². The molecule has 1 aliphatic rings. The number of nitro groups is 1. The van der Waals surface area contributed by atoms with Gasteiger partial charge in [0, 0.05) is 18.2 Å². The van der Waals surface area contributed by atoms with Crippen molar-refractivity contribution < 1.29 is 9.66 Å². The van der Waals surface area contributed by atoms with Gasteiger partial charge in [0.1, 0.15) is 0 Å². The number of anilines is 1. The van der Waals surface area contributed by atoms with E-state index in [1.807, 2.05) is 6.92 Å². The summed E-state index contributed by atoms with van der Waals surface area (Å²) in [7, 11) is 1.49. The molecule has 0 aliphatic heterocycles. The lowest BCUT2D eigenvalue weighted by Crippen LogP contribution is -2.17. The molecule has 1 aliphatic carbocycles. The van der Waals surface area contributed by atoms with Crippen LogP contribution in [0.25, 0.3) is 0 Å². The predicted octanol–water partition coefficient (Wildman–Crippen LogP) is 2.60. The molecule has 0 radical (unpaired) electrons. The molecule has 1 unspecified atom stereocenters. The summed E-state index contributed by atoms with van der Waals surface area (Å²) in [6.45, 7) is 2.02. The number of hydrogen-bond donors (Lipinski definition) is 1. The maximum absolute atomic E-state index is 10.9. The summed E-state index contributed by atoms with van der Waals surface area (Å²) in [4.78, 5) is 14.6. The molecule has 2 rings (SSSR count). The molecule has 1 fully saturated rings. The van der Waals surface area contributed by atoms with Crippen LogP contribution in [0.5, 0.6) is 5.88 Å². The quantitative estimate of drug-likeness (QED) is 0.621. The predicted molar refractivity (Wildman–Crippen MR) is 67.9 cm³/mol. The Kier molecular flexibility index (Phi) is 3.64. The van der Waals surface area contributed by atoms with Crippen molar-refractivity contribution in [3.63, 3.8) is 0 Å². The average Bonchev–Trinajstić information content (AvgIpc) is 3.12. The van der Waals surface area contributed by atoms with Gasteiger partial charge in [-0.15, -0.1) is 0 Å². The highest BCUT2D eigenvalue weighted by Crippen LogP contribution is 2.34. The first kappa shape index (κ1) is 12.6. The van der Waals surface area contributed by atoms with Crippen LogP contribution in [0.15, 0.2) is 12.1 Å². The van der Waals surface area contributed by atoms with Crippen molar-refractivity contribution in [2.24, 2.45) is 5.92 Å². The fourth-order valence-electron chi connectivity index (χ4n) is 1.95. The molecule has 0 amide bonds. The van der Waals surface area contributed by atoms with Crippen LogP contribution >= 0.6 is 0 Å². The van der Waals surface area contributed by atoms with E-state index >= 15 is 0 Å². The van der Waals surface area contributed by atoms with Crippen LogP contribution in [0.3, 0.4) is 0 Å². The molecule has 6 heteroatoms. The van der Waals surface area contributed by atoms with Crippen LogP contribution in [-0.2, 0) is 0 Å². The van der Waals surface area contributed by atoms with Crippen molar-refractivity contribution in [2.75, 3.05) is 12.4 Å². The van der Waals surface area contributed by atoms with Gasteiger partial charge in [0.15, 0.2) is 0 Å². The summed E-state index contributed by atoms with van der Waals surface area (Å²) in [5.41, 5.74) is -0.0153. The third-order valence-corrected chi connectivity index (χ3v) is 3.02. The van der Waals surface area contributed by atoms with Crippen molar-refractivity contribution in [3.8, 4) is 5.88 Å². The zero-order valence-electron chi connectivity index (χ0n) is 10.5. The molecule has 1 heterocycles. The number of aromatic nitrogens is 1. The average molecular weight is 251 g/mol. The highest BCUT2D eigenvalue weighted by Gasteiger charge is 2.25. The second-order valence-corrected chi connectivity index (χ2v) is 4.70. The van der Waals surface area contributed by atoms with Crippen LogP contribution < -0.4 is 10.1 Å². The fourth-order valence-corrected chi connectivity index (χ4v) is 1.95. The Morgan fingerprint density at radius 1 is 1.61 bits per heavy atom. The first-order valence-electron chi connectivity index (χ1n) is 6.06.